The van der Waals surface area contributed by atoms with Crippen LogP contribution in [0.15, 0.2) is 29.3 Å². The fourth-order valence-corrected chi connectivity index (χ4v) is 1.36. The standard InChI is InChI=1S/C12H13N2O3/c1-17-11-5-3-2-4-10(11)6-7-14-12(16)8-13-9-15/h2-5,8H,6-7H2,1H3,(H,14,16). The molecule has 1 N–H and O–H groups in total. The Morgan fingerprint density at radius 3 is 3.00 bits per heavy atom. The van der Waals surface area contributed by atoms with Crippen molar-refractivity contribution in [3.63, 3.8) is 0 Å². The van der Waals surface area contributed by atoms with Gasteiger partial charge in [-0.15, -0.1) is 0 Å². The summed E-state index contributed by atoms with van der Waals surface area (Å²) in [6, 6.07) is 7.58. The smallest absolute Gasteiger partial charge is 0.337 e. The van der Waals surface area contributed by atoms with Gasteiger partial charge in [0.25, 0.3) is 5.91 Å². The zero-order chi connectivity index (χ0) is 12.5. The van der Waals surface area contributed by atoms with Crippen molar-refractivity contribution in [2.75, 3.05) is 13.7 Å². The van der Waals surface area contributed by atoms with E-state index < -0.39 is 5.91 Å². The molecule has 1 rings (SSSR count). The second-order valence-corrected chi connectivity index (χ2v) is 3.20. The Labute approximate surface area is 99.5 Å². The van der Waals surface area contributed by atoms with E-state index in [4.69, 9.17) is 4.74 Å². The minimum absolute atomic E-state index is 0.414. The van der Waals surface area contributed by atoms with E-state index in [0.717, 1.165) is 17.5 Å². The van der Waals surface area contributed by atoms with Gasteiger partial charge in [-0.05, 0) is 18.1 Å². The van der Waals surface area contributed by atoms with Gasteiger partial charge in [0.15, 0.2) is 0 Å². The largest absolute Gasteiger partial charge is 0.496 e. The third kappa shape index (κ3) is 4.46. The average Bonchev–Trinajstić information content (AvgIpc) is 2.37. The second-order valence-electron chi connectivity index (χ2n) is 3.20. The number of carbonyl (C=O) groups excluding carboxylic acids is 2. The van der Waals surface area contributed by atoms with Gasteiger partial charge in [0, 0.05) is 6.54 Å². The van der Waals surface area contributed by atoms with Gasteiger partial charge in [-0.3, -0.25) is 9.59 Å². The number of methoxy groups -OCH3 is 1. The summed E-state index contributed by atoms with van der Waals surface area (Å²) in [4.78, 5) is 23.9. The maximum Gasteiger partial charge on any atom is 0.337 e. The van der Waals surface area contributed by atoms with Crippen LogP contribution in [0.25, 0.3) is 0 Å². The maximum atomic E-state index is 11.1. The number of hydrogen-bond acceptors (Lipinski definition) is 3. The normalized spacial score (nSPS) is 10.2. The first-order valence-corrected chi connectivity index (χ1v) is 5.08. The number of amides is 2. The van der Waals surface area contributed by atoms with Gasteiger partial charge >= 0.3 is 6.41 Å². The third-order valence-electron chi connectivity index (χ3n) is 2.12. The van der Waals surface area contributed by atoms with E-state index in [1.54, 1.807) is 7.11 Å². The molecule has 89 valence electrons. The topological polar surface area (TPSA) is 67.8 Å². The van der Waals surface area contributed by atoms with Gasteiger partial charge in [0.05, 0.1) is 13.3 Å². The Hall–Kier alpha value is -2.17. The number of para-hydroxylation sites is 1. The molecule has 5 heteroatoms. The number of hydrogen-bond donors (Lipinski definition) is 1. The monoisotopic (exact) mass is 233 g/mol. The van der Waals surface area contributed by atoms with E-state index >= 15 is 0 Å². The van der Waals surface area contributed by atoms with Gasteiger partial charge in [-0.2, -0.15) is 0 Å². The lowest BCUT2D eigenvalue weighted by atomic mass is 10.1. The second kappa shape index (κ2) is 7.16. The molecule has 1 radical (unpaired) electrons. The minimum atomic E-state index is -0.414. The number of rotatable bonds is 6. The van der Waals surface area contributed by atoms with Gasteiger partial charge < -0.3 is 10.1 Å². The third-order valence-corrected chi connectivity index (χ3v) is 2.12. The molecule has 0 saturated carbocycles. The molecular weight excluding hydrogens is 220 g/mol. The SMILES string of the molecule is COc1ccccc1CCNC(=O)C=N[C]=O. The van der Waals surface area contributed by atoms with E-state index in [1.807, 2.05) is 24.3 Å². The molecule has 0 saturated heterocycles. The van der Waals surface area contributed by atoms with Crippen molar-refractivity contribution in [3.05, 3.63) is 29.8 Å². The average molecular weight is 233 g/mol. The van der Waals surface area contributed by atoms with E-state index in [9.17, 15) is 9.59 Å². The predicted octanol–water partition coefficient (Wildman–Crippen LogP) is 0.492. The van der Waals surface area contributed by atoms with Crippen LogP contribution in [0.4, 0.5) is 0 Å². The van der Waals surface area contributed by atoms with Crippen LogP contribution in [0.5, 0.6) is 5.75 Å². The summed E-state index contributed by atoms with van der Waals surface area (Å²) in [6.07, 6.45) is 2.81. The van der Waals surface area contributed by atoms with Crippen LogP contribution in [0.3, 0.4) is 0 Å². The Kier molecular flexibility index (Phi) is 5.43. The minimum Gasteiger partial charge on any atom is -0.496 e. The highest BCUT2D eigenvalue weighted by molar-refractivity contribution is 6.27. The van der Waals surface area contributed by atoms with Crippen LogP contribution >= 0.6 is 0 Å². The molecule has 0 aliphatic carbocycles. The van der Waals surface area contributed by atoms with Crippen LogP contribution in [0.2, 0.25) is 0 Å². The number of ether oxygens (including phenoxy) is 1. The van der Waals surface area contributed by atoms with Crippen LogP contribution in [0, 0.1) is 0 Å². The summed E-state index contributed by atoms with van der Waals surface area (Å²) in [5.74, 6) is 0.375. The molecule has 1 aromatic carbocycles. The molecule has 0 spiro atoms. The summed E-state index contributed by atoms with van der Waals surface area (Å²) < 4.78 is 5.18. The molecule has 0 unspecified atom stereocenters. The zero-order valence-electron chi connectivity index (χ0n) is 9.47. The molecule has 0 aromatic heterocycles. The summed E-state index contributed by atoms with van der Waals surface area (Å²) >= 11 is 0. The van der Waals surface area contributed by atoms with Crippen molar-refractivity contribution in [1.29, 1.82) is 0 Å². The molecule has 0 heterocycles. The van der Waals surface area contributed by atoms with Crippen LogP contribution in [0.1, 0.15) is 5.56 Å². The molecule has 0 aliphatic heterocycles. The van der Waals surface area contributed by atoms with E-state index in [0.29, 0.717) is 13.0 Å². The quantitative estimate of drug-likeness (QED) is 0.727. The first-order valence-electron chi connectivity index (χ1n) is 5.08. The lowest BCUT2D eigenvalue weighted by Gasteiger charge is -2.07. The van der Waals surface area contributed by atoms with E-state index in [-0.39, 0.29) is 0 Å². The van der Waals surface area contributed by atoms with Gasteiger partial charge in [-0.1, -0.05) is 18.2 Å². The van der Waals surface area contributed by atoms with Crippen LogP contribution in [-0.4, -0.2) is 32.2 Å². The number of benzene rings is 1. The highest BCUT2D eigenvalue weighted by Gasteiger charge is 2.02. The molecule has 0 bridgehead atoms. The molecule has 17 heavy (non-hydrogen) atoms. The predicted molar refractivity (Wildman–Crippen MR) is 63.9 cm³/mol. The number of aliphatic imine (C=N–C) groups is 1. The van der Waals surface area contributed by atoms with Gasteiger partial charge in [0.2, 0.25) is 0 Å². The summed E-state index contributed by atoms with van der Waals surface area (Å²) in [6.45, 7) is 0.448. The van der Waals surface area contributed by atoms with E-state index in [2.05, 4.69) is 10.3 Å². The zero-order valence-corrected chi connectivity index (χ0v) is 9.47. The Bertz CT molecular complexity index is 416. The van der Waals surface area contributed by atoms with Crippen molar-refractivity contribution in [2.24, 2.45) is 4.99 Å². The number of carbonyl (C=O) groups is 1. The lowest BCUT2D eigenvalue weighted by Crippen LogP contribution is -2.26. The highest BCUT2D eigenvalue weighted by Crippen LogP contribution is 2.16. The van der Waals surface area contributed by atoms with Crippen molar-refractivity contribution in [3.8, 4) is 5.75 Å². The van der Waals surface area contributed by atoms with E-state index in [1.165, 1.54) is 6.41 Å². The molecule has 0 fully saturated rings. The lowest BCUT2D eigenvalue weighted by molar-refractivity contribution is -0.114. The van der Waals surface area contributed by atoms with Crippen molar-refractivity contribution >= 4 is 18.5 Å². The van der Waals surface area contributed by atoms with Crippen LogP contribution in [-0.2, 0) is 16.0 Å². The summed E-state index contributed by atoms with van der Waals surface area (Å²) in [5.41, 5.74) is 1.01. The Morgan fingerprint density at radius 2 is 2.29 bits per heavy atom. The van der Waals surface area contributed by atoms with Crippen molar-refractivity contribution < 1.29 is 14.3 Å². The molecule has 0 atom stereocenters. The molecule has 1 aromatic rings. The van der Waals surface area contributed by atoms with Crippen molar-refractivity contribution in [1.82, 2.24) is 5.32 Å². The van der Waals surface area contributed by atoms with Crippen molar-refractivity contribution in [2.45, 2.75) is 6.42 Å². The fourth-order valence-electron chi connectivity index (χ4n) is 1.36. The molecule has 2 amide bonds. The maximum absolute atomic E-state index is 11.1. The number of nitrogens with one attached hydrogen (secondary N) is 1. The Balaban J connectivity index is 2.43. The first kappa shape index (κ1) is 12.9. The first-order chi connectivity index (χ1) is 8.27. The number of nitrogens with zero attached hydrogens (tertiary/aromatic N) is 1. The summed E-state index contributed by atoms with van der Waals surface area (Å²) in [7, 11) is 1.60. The molecular formula is C12H13N2O3. The van der Waals surface area contributed by atoms with Gasteiger partial charge in [-0.25, -0.2) is 4.99 Å². The van der Waals surface area contributed by atoms with Gasteiger partial charge in [0.1, 0.15) is 5.75 Å². The van der Waals surface area contributed by atoms with Crippen LogP contribution < -0.4 is 10.1 Å². The molecule has 5 nitrogen and oxygen atoms in total. The summed E-state index contributed by atoms with van der Waals surface area (Å²) in [5, 5.41) is 2.59. The molecule has 0 aliphatic rings. The Morgan fingerprint density at radius 1 is 1.53 bits per heavy atom. The fraction of sp³-hybridized carbons (Fsp3) is 0.250. The highest BCUT2D eigenvalue weighted by atomic mass is 16.5.